The topological polar surface area (TPSA) is 41.9 Å². The molecule has 1 atom stereocenters. The lowest BCUT2D eigenvalue weighted by molar-refractivity contribution is 0.0265. The summed E-state index contributed by atoms with van der Waals surface area (Å²) in [5.74, 6) is 6.49. The van der Waals surface area contributed by atoms with Crippen LogP contribution in [0.3, 0.4) is 0 Å². The number of likely N-dealkylation sites (tertiary alicyclic amines) is 1. The van der Waals surface area contributed by atoms with Crippen molar-refractivity contribution in [1.29, 1.82) is 0 Å². The van der Waals surface area contributed by atoms with E-state index in [0.29, 0.717) is 0 Å². The molecule has 1 fully saturated rings. The lowest BCUT2D eigenvalue weighted by atomic mass is 10.0. The van der Waals surface area contributed by atoms with Crippen LogP contribution in [0.15, 0.2) is 47.5 Å². The lowest BCUT2D eigenvalue weighted by Crippen LogP contribution is -2.43. The van der Waals surface area contributed by atoms with Crippen molar-refractivity contribution in [1.82, 2.24) is 4.90 Å². The minimum atomic E-state index is -0.491. The summed E-state index contributed by atoms with van der Waals surface area (Å²) in [6.45, 7) is 6.43. The highest BCUT2D eigenvalue weighted by atomic mass is 127. The smallest absolute Gasteiger partial charge is 0.410 e. The van der Waals surface area contributed by atoms with Crippen molar-refractivity contribution in [2.45, 2.75) is 51.7 Å². The van der Waals surface area contributed by atoms with Gasteiger partial charge in [-0.15, -0.1) is 0 Å². The summed E-state index contributed by atoms with van der Waals surface area (Å²) in [4.78, 5) is 19.3. The number of amides is 1. The summed E-state index contributed by atoms with van der Waals surface area (Å²) >= 11 is 2.29. The summed E-state index contributed by atoms with van der Waals surface area (Å²) < 4.78 is 6.80. The van der Waals surface area contributed by atoms with Crippen LogP contribution in [0.5, 0.6) is 0 Å². The van der Waals surface area contributed by atoms with Crippen molar-refractivity contribution < 1.29 is 9.53 Å². The third-order valence-electron chi connectivity index (χ3n) is 5.18. The zero-order valence-electron chi connectivity index (χ0n) is 17.5. The van der Waals surface area contributed by atoms with Crippen molar-refractivity contribution in [3.8, 4) is 11.8 Å². The first kappa shape index (κ1) is 20.9. The molecule has 0 spiro atoms. The van der Waals surface area contributed by atoms with Crippen LogP contribution in [0, 0.1) is 15.4 Å². The molecule has 0 saturated carbocycles. The third-order valence-corrected chi connectivity index (χ3v) is 5.90. The molecule has 154 valence electrons. The fourth-order valence-electron chi connectivity index (χ4n) is 3.83. The summed E-state index contributed by atoms with van der Waals surface area (Å²) in [5.41, 5.74) is 4.72. The van der Waals surface area contributed by atoms with Gasteiger partial charge in [0.1, 0.15) is 5.60 Å². The maximum atomic E-state index is 12.6. The number of hydrogen-bond donors (Lipinski definition) is 0. The van der Waals surface area contributed by atoms with Gasteiger partial charge in [0.25, 0.3) is 0 Å². The van der Waals surface area contributed by atoms with E-state index >= 15 is 0 Å². The number of nitrogens with zero attached hydrogens (tertiary/aromatic N) is 2. The first-order valence-electron chi connectivity index (χ1n) is 10.3. The predicted octanol–water partition coefficient (Wildman–Crippen LogP) is 5.72. The summed E-state index contributed by atoms with van der Waals surface area (Å²) in [7, 11) is 0. The van der Waals surface area contributed by atoms with Crippen molar-refractivity contribution in [3.63, 3.8) is 0 Å². The van der Waals surface area contributed by atoms with Gasteiger partial charge in [-0.05, 0) is 104 Å². The van der Waals surface area contributed by atoms with Gasteiger partial charge >= 0.3 is 6.09 Å². The monoisotopic (exact) mass is 512 g/mol. The summed E-state index contributed by atoms with van der Waals surface area (Å²) in [6, 6.07) is 14.4. The third kappa shape index (κ3) is 4.86. The molecule has 30 heavy (non-hydrogen) atoms. The standard InChI is InChI=1S/C25H25IN2O2/c1-25(2,3)30-24(29)28-14-4-5-23(28)22-16-19-15-18(10-13-21(19)27-22)7-6-17-8-11-20(26)12-9-17/h8-13,15,23H,4-5,14,16H2,1-3H3/t23-/m0/s1. The number of carbonyl (C=O) groups excluding carboxylic acids is 1. The first-order chi connectivity index (χ1) is 14.3. The second-order valence-electron chi connectivity index (χ2n) is 8.71. The highest BCUT2D eigenvalue weighted by molar-refractivity contribution is 14.1. The Morgan fingerprint density at radius 3 is 2.57 bits per heavy atom. The van der Waals surface area contributed by atoms with E-state index < -0.39 is 5.60 Å². The van der Waals surface area contributed by atoms with E-state index in [9.17, 15) is 4.79 Å². The van der Waals surface area contributed by atoms with Gasteiger partial charge in [0.15, 0.2) is 0 Å². The quantitative estimate of drug-likeness (QED) is 0.363. The Bertz CT molecular complexity index is 1060. The van der Waals surface area contributed by atoms with Gasteiger partial charge in [-0.3, -0.25) is 9.89 Å². The summed E-state index contributed by atoms with van der Waals surface area (Å²) in [6.07, 6.45) is 2.43. The zero-order chi connectivity index (χ0) is 21.3. The minimum absolute atomic E-state index is 0.0218. The molecule has 0 aromatic heterocycles. The molecule has 1 amide bonds. The van der Waals surface area contributed by atoms with Gasteiger partial charge in [-0.25, -0.2) is 4.79 Å². The van der Waals surface area contributed by atoms with Gasteiger partial charge in [0.2, 0.25) is 0 Å². The van der Waals surface area contributed by atoms with Crippen LogP contribution in [0.4, 0.5) is 10.5 Å². The molecule has 0 N–H and O–H groups in total. The van der Waals surface area contributed by atoms with Crippen molar-refractivity contribution in [2.75, 3.05) is 6.54 Å². The largest absolute Gasteiger partial charge is 0.444 e. The highest BCUT2D eigenvalue weighted by Gasteiger charge is 2.36. The number of hydrogen-bond acceptors (Lipinski definition) is 3. The molecule has 0 aliphatic carbocycles. The highest BCUT2D eigenvalue weighted by Crippen LogP contribution is 2.32. The molecule has 4 nitrogen and oxygen atoms in total. The van der Waals surface area contributed by atoms with Crippen LogP contribution in [0.25, 0.3) is 0 Å². The Kier molecular flexibility index (Phi) is 5.88. The van der Waals surface area contributed by atoms with Gasteiger partial charge in [0.05, 0.1) is 11.7 Å². The minimum Gasteiger partial charge on any atom is -0.444 e. The van der Waals surface area contributed by atoms with Crippen molar-refractivity contribution >= 4 is 40.1 Å². The number of carbonyl (C=O) groups is 1. The number of halogens is 1. The summed E-state index contributed by atoms with van der Waals surface area (Å²) in [5, 5.41) is 0. The van der Waals surface area contributed by atoms with E-state index in [0.717, 1.165) is 48.3 Å². The molecular weight excluding hydrogens is 487 g/mol. The van der Waals surface area contributed by atoms with Crippen LogP contribution in [-0.2, 0) is 11.2 Å². The van der Waals surface area contributed by atoms with Gasteiger partial charge in [-0.2, -0.15) is 0 Å². The van der Waals surface area contributed by atoms with Crippen LogP contribution >= 0.6 is 22.6 Å². The van der Waals surface area contributed by atoms with E-state index in [4.69, 9.17) is 9.73 Å². The normalized spacial score (nSPS) is 17.8. The molecule has 1 saturated heterocycles. The SMILES string of the molecule is CC(C)(C)OC(=O)N1CCC[C@H]1C1=Nc2ccc(C#Cc3ccc(I)cc3)cc2C1. The molecular formula is C25H25IN2O2. The van der Waals surface area contributed by atoms with Crippen LogP contribution in [0.1, 0.15) is 50.3 Å². The van der Waals surface area contributed by atoms with E-state index in [1.165, 1.54) is 9.13 Å². The zero-order valence-corrected chi connectivity index (χ0v) is 19.7. The van der Waals surface area contributed by atoms with Crippen LogP contribution in [0.2, 0.25) is 0 Å². The maximum Gasteiger partial charge on any atom is 0.410 e. The lowest BCUT2D eigenvalue weighted by Gasteiger charge is -2.28. The Labute approximate surface area is 191 Å². The Morgan fingerprint density at radius 2 is 1.83 bits per heavy atom. The molecule has 0 bridgehead atoms. The average Bonchev–Trinajstić information content (AvgIpc) is 3.32. The number of fused-ring (bicyclic) bond motifs is 1. The van der Waals surface area contributed by atoms with E-state index in [1.807, 2.05) is 49.9 Å². The van der Waals surface area contributed by atoms with E-state index in [-0.39, 0.29) is 12.1 Å². The Hall–Kier alpha value is -2.33. The predicted molar refractivity (Wildman–Crippen MR) is 128 cm³/mol. The Balaban J connectivity index is 1.48. The molecule has 0 radical (unpaired) electrons. The second kappa shape index (κ2) is 8.43. The number of ether oxygens (including phenoxy) is 1. The molecule has 2 aromatic rings. The molecule has 2 aliphatic heterocycles. The van der Waals surface area contributed by atoms with Gasteiger partial charge in [0, 0.05) is 33.4 Å². The maximum absolute atomic E-state index is 12.6. The molecule has 2 aliphatic rings. The van der Waals surface area contributed by atoms with Crippen molar-refractivity contribution in [3.05, 3.63) is 62.7 Å². The van der Waals surface area contributed by atoms with E-state index in [2.05, 4.69) is 52.6 Å². The van der Waals surface area contributed by atoms with Gasteiger partial charge in [-0.1, -0.05) is 11.8 Å². The van der Waals surface area contributed by atoms with Crippen molar-refractivity contribution in [2.24, 2.45) is 4.99 Å². The van der Waals surface area contributed by atoms with Crippen LogP contribution < -0.4 is 0 Å². The fourth-order valence-corrected chi connectivity index (χ4v) is 4.19. The number of aliphatic imine (C=N–C) groups is 1. The van der Waals surface area contributed by atoms with Crippen LogP contribution in [-0.4, -0.2) is 34.9 Å². The number of rotatable bonds is 1. The van der Waals surface area contributed by atoms with Gasteiger partial charge < -0.3 is 4.74 Å². The average molecular weight is 512 g/mol. The first-order valence-corrected chi connectivity index (χ1v) is 11.3. The second-order valence-corrected chi connectivity index (χ2v) is 9.96. The Morgan fingerprint density at radius 1 is 1.13 bits per heavy atom. The molecule has 0 unspecified atom stereocenters. The molecule has 5 heteroatoms. The number of benzene rings is 2. The van der Waals surface area contributed by atoms with E-state index in [1.54, 1.807) is 0 Å². The molecule has 4 rings (SSSR count). The molecule has 2 heterocycles. The fraction of sp³-hybridized carbons (Fsp3) is 0.360. The molecule has 2 aromatic carbocycles.